The third kappa shape index (κ3) is 5.64. The van der Waals surface area contributed by atoms with Crippen molar-refractivity contribution in [1.29, 1.82) is 5.26 Å². The van der Waals surface area contributed by atoms with E-state index >= 15 is 0 Å². The van der Waals surface area contributed by atoms with Gasteiger partial charge in [0.05, 0.1) is 16.6 Å². The van der Waals surface area contributed by atoms with Crippen molar-refractivity contribution in [2.45, 2.75) is 26.4 Å². The summed E-state index contributed by atoms with van der Waals surface area (Å²) in [6.45, 7) is 4.69. The van der Waals surface area contributed by atoms with E-state index in [2.05, 4.69) is 15.3 Å². The van der Waals surface area contributed by atoms with Crippen LogP contribution in [0.15, 0.2) is 54.3 Å². The van der Waals surface area contributed by atoms with Crippen LogP contribution in [0.2, 0.25) is 0 Å². The number of rotatable bonds is 5. The lowest BCUT2D eigenvalue weighted by Gasteiger charge is -2.19. The molecule has 32 heavy (non-hydrogen) atoms. The predicted molar refractivity (Wildman–Crippen MR) is 118 cm³/mol. The van der Waals surface area contributed by atoms with Gasteiger partial charge < -0.3 is 19.6 Å². The normalized spacial score (nSPS) is 11.9. The summed E-state index contributed by atoms with van der Waals surface area (Å²) >= 11 is 0. The Labute approximate surface area is 184 Å². The van der Waals surface area contributed by atoms with Crippen LogP contribution in [0.3, 0.4) is 0 Å². The number of imidazole rings is 1. The first-order chi connectivity index (χ1) is 15.2. The van der Waals surface area contributed by atoms with Crippen LogP contribution in [0.5, 0.6) is 0 Å². The number of nitrogens with zero attached hydrogens (tertiary/aromatic N) is 2. The molecule has 3 aromatic rings. The highest BCUT2D eigenvalue weighted by Gasteiger charge is 2.18. The van der Waals surface area contributed by atoms with Gasteiger partial charge in [-0.3, -0.25) is 5.32 Å². The molecule has 0 atom stereocenters. The summed E-state index contributed by atoms with van der Waals surface area (Å²) in [6, 6.07) is 15.1. The molecule has 0 radical (unpaired) electrons. The molecule has 1 heterocycles. The Hall–Kier alpha value is -4.32. The van der Waals surface area contributed by atoms with E-state index in [0.29, 0.717) is 16.7 Å². The molecule has 0 fully saturated rings. The van der Waals surface area contributed by atoms with E-state index in [0.717, 1.165) is 0 Å². The van der Waals surface area contributed by atoms with E-state index in [4.69, 9.17) is 9.47 Å². The maximum atomic E-state index is 12.4. The molecule has 1 amide bonds. The number of anilines is 1. The van der Waals surface area contributed by atoms with Gasteiger partial charge >= 0.3 is 12.1 Å². The molecule has 2 aromatic carbocycles. The number of carbonyl (C=O) groups excluding carboxylic acids is 2. The molecule has 0 aliphatic rings. The maximum absolute atomic E-state index is 12.4. The molecule has 0 saturated heterocycles. The summed E-state index contributed by atoms with van der Waals surface area (Å²) in [5.74, 6) is -1.01. The van der Waals surface area contributed by atoms with Crippen LogP contribution in [0.1, 0.15) is 37.0 Å². The maximum Gasteiger partial charge on any atom is 0.412 e. The molecule has 0 spiro atoms. The average molecular weight is 434 g/mol. The quantitative estimate of drug-likeness (QED) is 0.304. The van der Waals surface area contributed by atoms with Gasteiger partial charge in [-0.25, -0.2) is 14.6 Å². The van der Waals surface area contributed by atoms with Gasteiger partial charge in [0.25, 0.3) is 0 Å². The lowest BCUT2D eigenvalue weighted by atomic mass is 10.2. The van der Waals surface area contributed by atoms with Crippen LogP contribution in [-0.4, -0.2) is 39.3 Å². The number of benzene rings is 2. The van der Waals surface area contributed by atoms with Crippen molar-refractivity contribution < 1.29 is 24.2 Å². The van der Waals surface area contributed by atoms with E-state index in [9.17, 15) is 20.0 Å². The second-order valence-electron chi connectivity index (χ2n) is 7.82. The molecule has 164 valence electrons. The molecular weight excluding hydrogens is 412 g/mol. The number of aliphatic hydroxyl groups excluding tert-OH is 1. The Bertz CT molecular complexity index is 1200. The molecule has 1 aromatic heterocycles. The van der Waals surface area contributed by atoms with Crippen molar-refractivity contribution >= 4 is 34.4 Å². The highest BCUT2D eigenvalue weighted by molar-refractivity contribution is 5.93. The van der Waals surface area contributed by atoms with Crippen molar-refractivity contribution in [1.82, 2.24) is 9.97 Å². The van der Waals surface area contributed by atoms with Crippen molar-refractivity contribution in [3.63, 3.8) is 0 Å². The molecule has 3 rings (SSSR count). The molecule has 3 N–H and O–H groups in total. The second-order valence-corrected chi connectivity index (χ2v) is 7.82. The molecule has 0 unspecified atom stereocenters. The van der Waals surface area contributed by atoms with Crippen LogP contribution in [0.25, 0.3) is 16.6 Å². The Balaban J connectivity index is 1.69. The first-order valence-electron chi connectivity index (χ1n) is 9.71. The average Bonchev–Trinajstić information content (AvgIpc) is 3.15. The molecule has 0 saturated carbocycles. The number of nitriles is 1. The van der Waals surface area contributed by atoms with Crippen LogP contribution in [-0.2, 0) is 9.47 Å². The number of hydrogen-bond donors (Lipinski definition) is 3. The van der Waals surface area contributed by atoms with Gasteiger partial charge in [-0.1, -0.05) is 18.2 Å². The number of ether oxygens (including phenoxy) is 2. The Kier molecular flexibility index (Phi) is 6.45. The van der Waals surface area contributed by atoms with Crippen molar-refractivity contribution in [2.75, 3.05) is 11.9 Å². The summed E-state index contributed by atoms with van der Waals surface area (Å²) in [4.78, 5) is 31.5. The number of aromatic amines is 1. The Morgan fingerprint density at radius 3 is 2.62 bits per heavy atom. The second kappa shape index (κ2) is 9.22. The van der Waals surface area contributed by atoms with Crippen molar-refractivity contribution in [3.8, 4) is 6.07 Å². The first-order valence-corrected chi connectivity index (χ1v) is 9.71. The standard InChI is InChI=1S/C23H22N4O5/c1-23(2,3)32-22(30)25-15-8-6-7-14(11-15)21(29)31-13-19(28)16(12-24)20-26-17-9-4-5-10-18(17)27-20/h4-11,28H,13H2,1-3H3,(H,25,30)(H,26,27)/b19-16-. The highest BCUT2D eigenvalue weighted by atomic mass is 16.6. The SMILES string of the molecule is CC(C)(C)OC(=O)Nc1cccc(C(=O)OC/C(O)=C(\C#N)c2nc3ccccc3[nH]2)c1. The van der Waals surface area contributed by atoms with Gasteiger partial charge in [-0.05, 0) is 51.1 Å². The van der Waals surface area contributed by atoms with Gasteiger partial charge in [0, 0.05) is 5.69 Å². The van der Waals surface area contributed by atoms with E-state index < -0.39 is 30.0 Å². The summed E-state index contributed by atoms with van der Waals surface area (Å²) in [5, 5.41) is 22.3. The molecular formula is C23H22N4O5. The number of allylic oxidation sites excluding steroid dienone is 1. The van der Waals surface area contributed by atoms with Crippen molar-refractivity contribution in [2.24, 2.45) is 0 Å². The number of esters is 1. The molecule has 0 aliphatic heterocycles. The largest absolute Gasteiger partial charge is 0.507 e. The van der Waals surface area contributed by atoms with Gasteiger partial charge in [0.15, 0.2) is 11.6 Å². The third-order valence-corrected chi connectivity index (χ3v) is 4.11. The summed E-state index contributed by atoms with van der Waals surface area (Å²) in [5.41, 5.74) is 1.03. The number of para-hydroxylation sites is 2. The first kappa shape index (κ1) is 22.4. The number of carbonyl (C=O) groups is 2. The number of fused-ring (bicyclic) bond motifs is 1. The fraction of sp³-hybridized carbons (Fsp3) is 0.217. The number of amides is 1. The fourth-order valence-electron chi connectivity index (χ4n) is 2.76. The third-order valence-electron chi connectivity index (χ3n) is 4.11. The van der Waals surface area contributed by atoms with Crippen LogP contribution in [0.4, 0.5) is 10.5 Å². The Morgan fingerprint density at radius 2 is 1.94 bits per heavy atom. The monoisotopic (exact) mass is 434 g/mol. The van der Waals surface area contributed by atoms with Gasteiger partial charge in [0.2, 0.25) is 0 Å². The topological polar surface area (TPSA) is 137 Å². The lowest BCUT2D eigenvalue weighted by molar-refractivity contribution is 0.0501. The van der Waals surface area contributed by atoms with Crippen LogP contribution < -0.4 is 5.32 Å². The minimum Gasteiger partial charge on any atom is -0.507 e. The Morgan fingerprint density at radius 1 is 1.19 bits per heavy atom. The lowest BCUT2D eigenvalue weighted by Crippen LogP contribution is -2.27. The zero-order valence-electron chi connectivity index (χ0n) is 17.8. The minimum absolute atomic E-state index is 0.130. The van der Waals surface area contributed by atoms with Crippen LogP contribution in [0, 0.1) is 11.3 Å². The van der Waals surface area contributed by atoms with E-state index in [-0.39, 0.29) is 17.0 Å². The van der Waals surface area contributed by atoms with Gasteiger partial charge in [-0.2, -0.15) is 5.26 Å². The minimum atomic E-state index is -0.744. The molecule has 0 bridgehead atoms. The number of nitrogens with one attached hydrogen (secondary N) is 2. The van der Waals surface area contributed by atoms with E-state index in [1.54, 1.807) is 51.1 Å². The molecule has 9 heteroatoms. The highest BCUT2D eigenvalue weighted by Crippen LogP contribution is 2.19. The summed E-state index contributed by atoms with van der Waals surface area (Å²) in [7, 11) is 0. The van der Waals surface area contributed by atoms with Crippen molar-refractivity contribution in [3.05, 3.63) is 65.7 Å². The summed E-state index contributed by atoms with van der Waals surface area (Å²) in [6.07, 6.45) is -0.659. The fourth-order valence-corrected chi connectivity index (χ4v) is 2.76. The summed E-state index contributed by atoms with van der Waals surface area (Å²) < 4.78 is 10.3. The van der Waals surface area contributed by atoms with Gasteiger partial charge in [-0.15, -0.1) is 0 Å². The zero-order chi connectivity index (χ0) is 23.3. The molecule has 0 aliphatic carbocycles. The van der Waals surface area contributed by atoms with E-state index in [1.165, 1.54) is 12.1 Å². The smallest absolute Gasteiger partial charge is 0.412 e. The number of aromatic nitrogens is 2. The van der Waals surface area contributed by atoms with Crippen LogP contribution >= 0.6 is 0 Å². The predicted octanol–water partition coefficient (Wildman–Crippen LogP) is 4.56. The van der Waals surface area contributed by atoms with Gasteiger partial charge in [0.1, 0.15) is 23.9 Å². The number of aliphatic hydroxyl groups is 1. The van der Waals surface area contributed by atoms with E-state index in [1.807, 2.05) is 12.1 Å². The zero-order valence-corrected chi connectivity index (χ0v) is 17.8. The number of hydrogen-bond acceptors (Lipinski definition) is 7. The number of H-pyrrole nitrogens is 1. The molecule has 9 nitrogen and oxygen atoms in total.